The smallest absolute Gasteiger partial charge is 0.306 e. The van der Waals surface area contributed by atoms with Crippen molar-refractivity contribution in [3.63, 3.8) is 0 Å². The van der Waals surface area contributed by atoms with Gasteiger partial charge in [-0.1, -0.05) is 190 Å². The van der Waals surface area contributed by atoms with Crippen LogP contribution < -0.4 is 4.89 Å². The largest absolute Gasteiger partial charge is 0.756 e. The van der Waals surface area contributed by atoms with Crippen molar-refractivity contribution in [2.45, 2.75) is 206 Å². The van der Waals surface area contributed by atoms with E-state index < -0.39 is 32.5 Å². The number of phosphoric ester groups is 1. The van der Waals surface area contributed by atoms with Crippen LogP contribution in [0.3, 0.4) is 0 Å². The Balaban J connectivity index is 4.35. The summed E-state index contributed by atoms with van der Waals surface area (Å²) in [6.45, 7) is 4.09. The van der Waals surface area contributed by atoms with Crippen molar-refractivity contribution in [1.82, 2.24) is 0 Å². The molecule has 0 radical (unpaired) electrons. The highest BCUT2D eigenvalue weighted by atomic mass is 31.2. The summed E-state index contributed by atoms with van der Waals surface area (Å²) >= 11 is 0. The number of esters is 2. The fourth-order valence-corrected chi connectivity index (χ4v) is 7.23. The predicted molar refractivity (Wildman–Crippen MR) is 254 cm³/mol. The summed E-state index contributed by atoms with van der Waals surface area (Å²) in [5.74, 6) is -0.869. The van der Waals surface area contributed by atoms with Crippen LogP contribution in [0.15, 0.2) is 60.8 Å². The first kappa shape index (κ1) is 58.7. The van der Waals surface area contributed by atoms with Crippen LogP contribution in [0.1, 0.15) is 200 Å². The third-order valence-electron chi connectivity index (χ3n) is 10.3. The molecule has 0 N–H and O–H groups in total. The summed E-state index contributed by atoms with van der Waals surface area (Å²) in [6, 6.07) is 0. The van der Waals surface area contributed by atoms with Crippen LogP contribution in [0.2, 0.25) is 0 Å². The lowest BCUT2D eigenvalue weighted by Crippen LogP contribution is -2.37. The van der Waals surface area contributed by atoms with Gasteiger partial charge in [-0.3, -0.25) is 14.2 Å². The minimum absolute atomic E-state index is 0.0389. The SMILES string of the molecule is CC/C=C/C/C=C/C/C=C/C/C=C/C/C=C/CCCCCC(=O)O[C@H](COC(=O)CCCCCCCCCCCCCCCCCCCC)COP(=O)([O-])OCC[N+](C)(C)C. The molecular weight excluding hydrogens is 786 g/mol. The molecule has 0 spiro atoms. The van der Waals surface area contributed by atoms with Crippen molar-refractivity contribution >= 4 is 19.8 Å². The van der Waals surface area contributed by atoms with Gasteiger partial charge >= 0.3 is 11.9 Å². The van der Waals surface area contributed by atoms with E-state index in [4.69, 9.17) is 18.5 Å². The number of carbonyl (C=O) groups excluding carboxylic acids is 2. The fourth-order valence-electron chi connectivity index (χ4n) is 6.51. The van der Waals surface area contributed by atoms with Gasteiger partial charge < -0.3 is 27.9 Å². The number of hydrogen-bond donors (Lipinski definition) is 0. The summed E-state index contributed by atoms with van der Waals surface area (Å²) in [5, 5.41) is 0. The number of hydrogen-bond acceptors (Lipinski definition) is 8. The average Bonchev–Trinajstić information content (AvgIpc) is 3.21. The van der Waals surface area contributed by atoms with E-state index in [2.05, 4.69) is 74.6 Å². The fraction of sp³-hybridized carbons (Fsp3) is 0.765. The lowest BCUT2D eigenvalue weighted by Gasteiger charge is -2.28. The van der Waals surface area contributed by atoms with Crippen LogP contribution in [0.5, 0.6) is 0 Å². The quantitative estimate of drug-likeness (QED) is 0.0196. The first-order chi connectivity index (χ1) is 29.5. The Hall–Kier alpha value is -2.29. The second kappa shape index (κ2) is 43.0. The van der Waals surface area contributed by atoms with Crippen molar-refractivity contribution in [3.8, 4) is 0 Å². The van der Waals surface area contributed by atoms with Crippen LogP contribution in [-0.4, -0.2) is 70.0 Å². The monoisotopic (exact) mass is 878 g/mol. The Kier molecular flexibility index (Phi) is 41.4. The van der Waals surface area contributed by atoms with Crippen molar-refractivity contribution in [1.29, 1.82) is 0 Å². The van der Waals surface area contributed by atoms with Crippen LogP contribution >= 0.6 is 7.82 Å². The summed E-state index contributed by atoms with van der Waals surface area (Å²) in [5.41, 5.74) is 0. The van der Waals surface area contributed by atoms with Crippen LogP contribution in [0.4, 0.5) is 0 Å². The molecule has 0 fully saturated rings. The zero-order chi connectivity index (χ0) is 45.0. The number of allylic oxidation sites excluding steroid dienone is 10. The predicted octanol–water partition coefficient (Wildman–Crippen LogP) is 13.8. The molecule has 1 unspecified atom stereocenters. The highest BCUT2D eigenvalue weighted by Crippen LogP contribution is 2.38. The highest BCUT2D eigenvalue weighted by Gasteiger charge is 2.21. The number of rotatable bonds is 44. The average molecular weight is 878 g/mol. The van der Waals surface area contributed by atoms with E-state index in [1.165, 1.54) is 96.3 Å². The molecule has 61 heavy (non-hydrogen) atoms. The van der Waals surface area contributed by atoms with E-state index in [0.717, 1.165) is 70.6 Å². The lowest BCUT2D eigenvalue weighted by molar-refractivity contribution is -0.870. The van der Waals surface area contributed by atoms with Crippen molar-refractivity contribution in [2.75, 3.05) is 47.5 Å². The van der Waals surface area contributed by atoms with Gasteiger partial charge in [0.1, 0.15) is 19.8 Å². The molecule has 0 aromatic rings. The molecule has 354 valence electrons. The number of nitrogens with zero attached hydrogens (tertiary/aromatic N) is 1. The Bertz CT molecular complexity index is 1220. The molecule has 0 heterocycles. The van der Waals surface area contributed by atoms with Crippen molar-refractivity contribution in [2.24, 2.45) is 0 Å². The highest BCUT2D eigenvalue weighted by molar-refractivity contribution is 7.45. The molecule has 0 amide bonds. The Morgan fingerprint density at radius 2 is 0.934 bits per heavy atom. The van der Waals surface area contributed by atoms with Gasteiger partial charge in [0.25, 0.3) is 7.82 Å². The third-order valence-corrected chi connectivity index (χ3v) is 11.3. The van der Waals surface area contributed by atoms with Gasteiger partial charge in [-0.25, -0.2) is 0 Å². The summed E-state index contributed by atoms with van der Waals surface area (Å²) in [4.78, 5) is 37.7. The molecule has 10 heteroatoms. The molecule has 0 saturated carbocycles. The molecule has 0 saturated heterocycles. The Labute approximate surface area is 375 Å². The number of carbonyl (C=O) groups is 2. The summed E-state index contributed by atoms with van der Waals surface area (Å²) < 4.78 is 34.0. The van der Waals surface area contributed by atoms with Crippen molar-refractivity contribution < 1.29 is 42.1 Å². The van der Waals surface area contributed by atoms with Crippen LogP contribution in [0.25, 0.3) is 0 Å². The number of unbranched alkanes of at least 4 members (excludes halogenated alkanes) is 20. The summed E-state index contributed by atoms with van der Waals surface area (Å²) in [7, 11) is 1.14. The molecule has 0 rings (SSSR count). The second-order valence-corrected chi connectivity index (χ2v) is 18.9. The minimum Gasteiger partial charge on any atom is -0.756 e. The van der Waals surface area contributed by atoms with E-state index in [1.807, 2.05) is 21.1 Å². The number of ether oxygens (including phenoxy) is 2. The van der Waals surface area contributed by atoms with Crippen LogP contribution in [0, 0.1) is 0 Å². The molecule has 0 aromatic carbocycles. The van der Waals surface area contributed by atoms with Crippen LogP contribution in [-0.2, 0) is 32.7 Å². The minimum atomic E-state index is -4.64. The van der Waals surface area contributed by atoms with Gasteiger partial charge in [0, 0.05) is 12.8 Å². The normalized spacial score (nSPS) is 14.0. The molecule has 9 nitrogen and oxygen atoms in total. The van der Waals surface area contributed by atoms with Gasteiger partial charge in [-0.15, -0.1) is 0 Å². The number of quaternary nitrogens is 1. The maximum absolute atomic E-state index is 12.7. The van der Waals surface area contributed by atoms with E-state index >= 15 is 0 Å². The Morgan fingerprint density at radius 3 is 1.39 bits per heavy atom. The Morgan fingerprint density at radius 1 is 0.525 bits per heavy atom. The van der Waals surface area contributed by atoms with E-state index in [9.17, 15) is 19.0 Å². The van der Waals surface area contributed by atoms with Crippen molar-refractivity contribution in [3.05, 3.63) is 60.8 Å². The van der Waals surface area contributed by atoms with E-state index in [0.29, 0.717) is 17.4 Å². The van der Waals surface area contributed by atoms with E-state index in [1.54, 1.807) is 0 Å². The second-order valence-electron chi connectivity index (χ2n) is 17.5. The van der Waals surface area contributed by atoms with Gasteiger partial charge in [-0.05, 0) is 57.8 Å². The zero-order valence-electron chi connectivity index (χ0n) is 39.8. The molecule has 0 bridgehead atoms. The number of likely N-dealkylation sites (N-methyl/N-ethyl adjacent to an activating group) is 1. The maximum atomic E-state index is 12.7. The molecule has 0 aromatic heterocycles. The standard InChI is InChI=1S/C51H92NO8P/c1-6-8-10-12-14-16-18-20-22-24-26-28-30-32-34-36-38-40-42-44-51(54)60-49(48-59-61(55,56)58-46-45-52(3,4)5)47-57-50(53)43-41-39-37-35-33-31-29-27-25-23-21-19-17-15-13-11-9-7-2/h8,10,14,16,20,22,26,28,32,34,49H,6-7,9,11-13,15,17-19,21,23-25,27,29-31,33,35-48H2,1-5H3/b10-8+,16-14+,22-20+,28-26+,34-32+/t49-/m1/s1. The molecule has 2 atom stereocenters. The zero-order valence-corrected chi connectivity index (χ0v) is 40.7. The first-order valence-electron chi connectivity index (χ1n) is 24.5. The molecular formula is C51H92NO8P. The first-order valence-corrected chi connectivity index (χ1v) is 26.0. The van der Waals surface area contributed by atoms with E-state index in [-0.39, 0.29) is 26.1 Å². The van der Waals surface area contributed by atoms with Gasteiger partial charge in [0.2, 0.25) is 0 Å². The molecule has 0 aliphatic heterocycles. The van der Waals surface area contributed by atoms with Gasteiger partial charge in [0.05, 0.1) is 27.7 Å². The maximum Gasteiger partial charge on any atom is 0.306 e. The summed E-state index contributed by atoms with van der Waals surface area (Å²) in [6.07, 6.45) is 52.5. The third kappa shape index (κ3) is 47.0. The lowest BCUT2D eigenvalue weighted by atomic mass is 10.0. The number of phosphoric acid groups is 1. The molecule has 0 aliphatic carbocycles. The van der Waals surface area contributed by atoms with Gasteiger partial charge in [-0.2, -0.15) is 0 Å². The van der Waals surface area contributed by atoms with Gasteiger partial charge in [0.15, 0.2) is 6.10 Å². The molecule has 0 aliphatic rings. The topological polar surface area (TPSA) is 111 Å².